The second-order valence-corrected chi connectivity index (χ2v) is 3.74. The number of carbonyl (C=O) groups excluding carboxylic acids is 1. The Balaban J connectivity index is 2.75. The van der Waals surface area contributed by atoms with Gasteiger partial charge >= 0.3 is 12.0 Å². The molecule has 0 aromatic rings. The number of terminal acetylenes is 1. The van der Waals surface area contributed by atoms with Crippen molar-refractivity contribution in [2.24, 2.45) is 0 Å². The summed E-state index contributed by atoms with van der Waals surface area (Å²) in [4.78, 5) is 25.0. The fourth-order valence-electron chi connectivity index (χ4n) is 1.68. The minimum absolute atomic E-state index is 0.0325. The molecule has 0 aromatic heterocycles. The first-order chi connectivity index (χ1) is 7.47. The minimum atomic E-state index is -1.11. The van der Waals surface area contributed by atoms with Crippen molar-refractivity contribution in [3.05, 3.63) is 0 Å². The zero-order chi connectivity index (χ0) is 12.3. The van der Waals surface area contributed by atoms with Crippen LogP contribution in [0.5, 0.6) is 0 Å². The Morgan fingerprint density at radius 1 is 1.62 bits per heavy atom. The van der Waals surface area contributed by atoms with Crippen LogP contribution in [-0.2, 0) is 4.79 Å². The van der Waals surface area contributed by atoms with Crippen molar-refractivity contribution < 1.29 is 19.8 Å². The van der Waals surface area contributed by atoms with E-state index < -0.39 is 24.1 Å². The number of carboxylic acid groups (broad SMARTS) is 1. The number of aliphatic carboxylic acids is 1. The average Bonchev–Trinajstić information content (AvgIpc) is 2.59. The summed E-state index contributed by atoms with van der Waals surface area (Å²) >= 11 is 0. The number of carboxylic acids is 1. The number of amides is 2. The Morgan fingerprint density at radius 3 is 2.75 bits per heavy atom. The third kappa shape index (κ3) is 2.44. The van der Waals surface area contributed by atoms with Crippen molar-refractivity contribution >= 4 is 12.0 Å². The lowest BCUT2D eigenvalue weighted by Crippen LogP contribution is -2.46. The summed E-state index contributed by atoms with van der Waals surface area (Å²) in [5.41, 5.74) is 0. The monoisotopic (exact) mass is 226 g/mol. The molecule has 1 unspecified atom stereocenters. The van der Waals surface area contributed by atoms with Gasteiger partial charge in [0.25, 0.3) is 0 Å². The van der Waals surface area contributed by atoms with E-state index in [1.54, 1.807) is 0 Å². The predicted molar refractivity (Wildman–Crippen MR) is 55.6 cm³/mol. The number of aliphatic hydroxyl groups excluding tert-OH is 1. The van der Waals surface area contributed by atoms with Crippen molar-refractivity contribution in [3.63, 3.8) is 0 Å². The molecule has 2 atom stereocenters. The van der Waals surface area contributed by atoms with Gasteiger partial charge in [0.2, 0.25) is 0 Å². The molecule has 0 bridgehead atoms. The Labute approximate surface area is 93.4 Å². The van der Waals surface area contributed by atoms with Crippen LogP contribution in [0.4, 0.5) is 4.79 Å². The Kier molecular flexibility index (Phi) is 3.74. The highest BCUT2D eigenvalue weighted by Crippen LogP contribution is 2.19. The van der Waals surface area contributed by atoms with Crippen molar-refractivity contribution in [1.29, 1.82) is 0 Å². The lowest BCUT2D eigenvalue weighted by molar-refractivity contribution is -0.141. The molecule has 1 heterocycles. The first-order valence-corrected chi connectivity index (χ1v) is 4.83. The molecule has 16 heavy (non-hydrogen) atoms. The average molecular weight is 226 g/mol. The molecular formula is C10H14N2O4. The van der Waals surface area contributed by atoms with Gasteiger partial charge in [-0.05, 0) is 0 Å². The zero-order valence-corrected chi connectivity index (χ0v) is 8.96. The molecule has 0 radical (unpaired) electrons. The van der Waals surface area contributed by atoms with Crippen LogP contribution in [0.15, 0.2) is 0 Å². The summed E-state index contributed by atoms with van der Waals surface area (Å²) in [6.07, 6.45) is 4.33. The Bertz CT molecular complexity index is 336. The van der Waals surface area contributed by atoms with Gasteiger partial charge in [-0.2, -0.15) is 0 Å². The molecule has 6 nitrogen and oxygen atoms in total. The molecule has 1 fully saturated rings. The fourth-order valence-corrected chi connectivity index (χ4v) is 1.68. The molecule has 0 saturated carbocycles. The summed E-state index contributed by atoms with van der Waals surface area (Å²) in [6.45, 7) is 0.141. The molecule has 1 aliphatic rings. The Hall–Kier alpha value is -1.74. The predicted octanol–water partition coefficient (Wildman–Crippen LogP) is -0.809. The molecule has 0 aliphatic carbocycles. The molecule has 1 saturated heterocycles. The van der Waals surface area contributed by atoms with Crippen molar-refractivity contribution in [3.8, 4) is 12.3 Å². The maximum Gasteiger partial charge on any atom is 0.326 e. The number of β-amino-alcohol motifs (C(OH)–C–C–N with tert-alkyl or cyclic N) is 1. The van der Waals surface area contributed by atoms with Gasteiger partial charge < -0.3 is 20.0 Å². The van der Waals surface area contributed by atoms with Crippen LogP contribution in [0.1, 0.15) is 6.42 Å². The smallest absolute Gasteiger partial charge is 0.326 e. The van der Waals surface area contributed by atoms with E-state index in [2.05, 4.69) is 5.92 Å². The molecule has 1 aliphatic heterocycles. The number of urea groups is 1. The SMILES string of the molecule is C#CCN(C)C(=O)N1CC(O)C[C@H]1C(=O)O. The van der Waals surface area contributed by atoms with Crippen molar-refractivity contribution in [2.75, 3.05) is 20.1 Å². The number of aliphatic hydroxyl groups is 1. The Morgan fingerprint density at radius 2 is 2.25 bits per heavy atom. The van der Waals surface area contributed by atoms with E-state index in [-0.39, 0.29) is 19.5 Å². The summed E-state index contributed by atoms with van der Waals surface area (Å²) in [6, 6.07) is -1.44. The van der Waals surface area contributed by atoms with Gasteiger partial charge in [0.15, 0.2) is 0 Å². The van der Waals surface area contributed by atoms with Crippen molar-refractivity contribution in [1.82, 2.24) is 9.80 Å². The molecule has 0 aromatic carbocycles. The van der Waals surface area contributed by atoms with E-state index in [0.717, 1.165) is 4.90 Å². The molecular weight excluding hydrogens is 212 g/mol. The summed E-state index contributed by atoms with van der Waals surface area (Å²) < 4.78 is 0. The van der Waals surface area contributed by atoms with Crippen LogP contribution in [-0.4, -0.2) is 64.3 Å². The second-order valence-electron chi connectivity index (χ2n) is 3.74. The van der Waals surface area contributed by atoms with E-state index in [9.17, 15) is 14.7 Å². The number of rotatable bonds is 2. The van der Waals surface area contributed by atoms with E-state index in [1.807, 2.05) is 0 Å². The highest BCUT2D eigenvalue weighted by Gasteiger charge is 2.39. The van der Waals surface area contributed by atoms with E-state index in [0.29, 0.717) is 0 Å². The maximum absolute atomic E-state index is 11.8. The zero-order valence-electron chi connectivity index (χ0n) is 8.96. The number of likely N-dealkylation sites (tertiary alicyclic amines) is 1. The number of hydrogen-bond acceptors (Lipinski definition) is 3. The molecule has 2 amide bonds. The first kappa shape index (κ1) is 12.3. The molecule has 2 N–H and O–H groups in total. The standard InChI is InChI=1S/C10H14N2O4/c1-3-4-11(2)10(16)12-6-7(13)5-8(12)9(14)15/h1,7-8,13H,4-6H2,2H3,(H,14,15)/t7?,8-/m0/s1. The van der Waals surface area contributed by atoms with Gasteiger partial charge in [-0.25, -0.2) is 9.59 Å². The van der Waals surface area contributed by atoms with E-state index >= 15 is 0 Å². The van der Waals surface area contributed by atoms with E-state index in [1.165, 1.54) is 11.9 Å². The minimum Gasteiger partial charge on any atom is -0.480 e. The summed E-state index contributed by atoms with van der Waals surface area (Å²) in [7, 11) is 1.49. The quantitative estimate of drug-likeness (QED) is 0.603. The third-order valence-corrected chi connectivity index (χ3v) is 2.46. The lowest BCUT2D eigenvalue weighted by Gasteiger charge is -2.26. The maximum atomic E-state index is 11.8. The first-order valence-electron chi connectivity index (χ1n) is 4.83. The van der Waals surface area contributed by atoms with Gasteiger partial charge in [-0.3, -0.25) is 0 Å². The highest BCUT2D eigenvalue weighted by atomic mass is 16.4. The van der Waals surface area contributed by atoms with Gasteiger partial charge in [-0.1, -0.05) is 5.92 Å². The van der Waals surface area contributed by atoms with Crippen LogP contribution in [0, 0.1) is 12.3 Å². The van der Waals surface area contributed by atoms with Gasteiger partial charge in [0.05, 0.1) is 12.6 Å². The number of nitrogens with zero attached hydrogens (tertiary/aromatic N) is 2. The van der Waals surface area contributed by atoms with Crippen LogP contribution in [0.3, 0.4) is 0 Å². The topological polar surface area (TPSA) is 81.1 Å². The van der Waals surface area contributed by atoms with Crippen LogP contribution in [0.25, 0.3) is 0 Å². The highest BCUT2D eigenvalue weighted by molar-refractivity contribution is 5.83. The largest absolute Gasteiger partial charge is 0.480 e. The summed E-state index contributed by atoms with van der Waals surface area (Å²) in [5, 5.41) is 18.3. The normalized spacial score (nSPS) is 23.9. The molecule has 88 valence electrons. The van der Waals surface area contributed by atoms with Gasteiger partial charge in [0.1, 0.15) is 6.04 Å². The van der Waals surface area contributed by atoms with E-state index in [4.69, 9.17) is 11.5 Å². The van der Waals surface area contributed by atoms with Crippen LogP contribution < -0.4 is 0 Å². The molecule has 1 rings (SSSR count). The summed E-state index contributed by atoms with van der Waals surface area (Å²) in [5.74, 6) is 1.18. The second kappa shape index (κ2) is 4.86. The van der Waals surface area contributed by atoms with Crippen LogP contribution in [0.2, 0.25) is 0 Å². The van der Waals surface area contributed by atoms with Crippen LogP contribution >= 0.6 is 0 Å². The lowest BCUT2D eigenvalue weighted by atomic mass is 10.2. The third-order valence-electron chi connectivity index (χ3n) is 2.46. The fraction of sp³-hybridized carbons (Fsp3) is 0.600. The molecule has 0 spiro atoms. The molecule has 6 heteroatoms. The van der Waals surface area contributed by atoms with Gasteiger partial charge in [0, 0.05) is 20.0 Å². The van der Waals surface area contributed by atoms with Gasteiger partial charge in [-0.15, -0.1) is 6.42 Å². The van der Waals surface area contributed by atoms with Crippen molar-refractivity contribution in [2.45, 2.75) is 18.6 Å². The number of carbonyl (C=O) groups is 2. The number of hydrogen-bond donors (Lipinski definition) is 2.